The smallest absolute Gasteiger partial charge is 0.400 e. The van der Waals surface area contributed by atoms with Crippen molar-refractivity contribution in [3.8, 4) is 0 Å². The van der Waals surface area contributed by atoms with Gasteiger partial charge in [0.1, 0.15) is 0 Å². The Hall–Kier alpha value is -3.10. The number of halogens is 3. The van der Waals surface area contributed by atoms with Gasteiger partial charge < -0.3 is 27.3 Å². The molecule has 40 heavy (non-hydrogen) atoms. The van der Waals surface area contributed by atoms with Crippen molar-refractivity contribution in [1.29, 1.82) is 5.41 Å². The number of alkyl halides is 3. The third kappa shape index (κ3) is 20.8. The molecule has 0 aromatic rings. The van der Waals surface area contributed by atoms with Gasteiger partial charge >= 0.3 is 6.18 Å². The first-order chi connectivity index (χ1) is 18.7. The fourth-order valence-electron chi connectivity index (χ4n) is 3.10. The van der Waals surface area contributed by atoms with Crippen molar-refractivity contribution < 1.29 is 18.3 Å². The Morgan fingerprint density at radius 1 is 1.10 bits per heavy atom. The second-order valence-electron chi connectivity index (χ2n) is 8.08. The number of allylic oxidation sites excluding steroid dienone is 8. The lowest BCUT2D eigenvalue weighted by atomic mass is 9.97. The van der Waals surface area contributed by atoms with E-state index in [9.17, 15) is 13.2 Å². The summed E-state index contributed by atoms with van der Waals surface area (Å²) in [5, 5.41) is 16.7. The number of nitrogens with one attached hydrogen (secondary N) is 2. The molecular formula is C32H55F3N4O. The summed E-state index contributed by atoms with van der Waals surface area (Å²) in [7, 11) is 1.00. The molecule has 1 aliphatic rings. The largest absolute Gasteiger partial charge is 0.417 e. The molecule has 0 saturated heterocycles. The molecule has 0 aliphatic heterocycles. The molecule has 1 atom stereocenters. The Morgan fingerprint density at radius 2 is 1.62 bits per heavy atom. The molecule has 0 amide bonds. The van der Waals surface area contributed by atoms with E-state index in [2.05, 4.69) is 31.1 Å². The number of hydrogen-bond donors (Lipinski definition) is 5. The van der Waals surface area contributed by atoms with Crippen LogP contribution in [0, 0.1) is 5.41 Å². The molecule has 1 rings (SSSR count). The second-order valence-corrected chi connectivity index (χ2v) is 8.08. The summed E-state index contributed by atoms with van der Waals surface area (Å²) in [6, 6.07) is -0.560. The maximum atomic E-state index is 13.3. The van der Waals surface area contributed by atoms with Crippen LogP contribution in [-0.2, 0) is 0 Å². The highest BCUT2D eigenvalue weighted by Gasteiger charge is 2.32. The third-order valence-corrected chi connectivity index (χ3v) is 4.99. The number of hydrogen-bond acceptors (Lipinski definition) is 5. The molecule has 0 fully saturated rings. The van der Waals surface area contributed by atoms with E-state index in [1.54, 1.807) is 32.9 Å². The summed E-state index contributed by atoms with van der Waals surface area (Å²) in [4.78, 5) is 0. The predicted octanol–water partition coefficient (Wildman–Crippen LogP) is 8.55. The van der Waals surface area contributed by atoms with Gasteiger partial charge in [0.05, 0.1) is 5.57 Å². The molecule has 0 aromatic heterocycles. The quantitative estimate of drug-likeness (QED) is 0.142. The van der Waals surface area contributed by atoms with E-state index in [0.29, 0.717) is 22.6 Å². The maximum absolute atomic E-state index is 13.3. The van der Waals surface area contributed by atoms with E-state index in [-0.39, 0.29) is 5.70 Å². The Balaban J connectivity index is -0.000000388. The second kappa shape index (κ2) is 26.1. The SMILES string of the molecule is C=C(/C=C(\N)C1=CCCCC1)N/C=C(\C=C(/C(=C)C)C(C)N)C(F)(F)F.C=C/C(=C/C)C(C)=N.CC.CC.CO. The molecule has 8 heteroatoms. The van der Waals surface area contributed by atoms with E-state index >= 15 is 0 Å². The van der Waals surface area contributed by atoms with E-state index in [1.807, 2.05) is 40.7 Å². The zero-order valence-electron chi connectivity index (χ0n) is 26.2. The molecule has 1 unspecified atom stereocenters. The summed E-state index contributed by atoms with van der Waals surface area (Å²) >= 11 is 0. The van der Waals surface area contributed by atoms with Crippen LogP contribution in [0.3, 0.4) is 0 Å². The van der Waals surface area contributed by atoms with Gasteiger partial charge in [0.25, 0.3) is 0 Å². The van der Waals surface area contributed by atoms with Crippen LogP contribution >= 0.6 is 0 Å². The third-order valence-electron chi connectivity index (χ3n) is 4.99. The van der Waals surface area contributed by atoms with Crippen LogP contribution in [0.25, 0.3) is 0 Å². The molecule has 0 saturated carbocycles. The minimum atomic E-state index is -4.54. The Labute approximate surface area is 242 Å². The predicted molar refractivity (Wildman–Crippen MR) is 170 cm³/mol. The van der Waals surface area contributed by atoms with Crippen LogP contribution in [0.15, 0.2) is 95.6 Å². The molecule has 1 aliphatic carbocycles. The van der Waals surface area contributed by atoms with E-state index in [1.165, 1.54) is 0 Å². The van der Waals surface area contributed by atoms with Gasteiger partial charge in [-0.1, -0.05) is 71.2 Å². The molecular weight excluding hydrogens is 513 g/mol. The Kier molecular flexibility index (Phi) is 28.7. The lowest BCUT2D eigenvalue weighted by Gasteiger charge is -2.16. The summed E-state index contributed by atoms with van der Waals surface area (Å²) in [6.45, 7) is 25.8. The topological polar surface area (TPSA) is 108 Å². The van der Waals surface area contributed by atoms with Crippen LogP contribution in [-0.4, -0.2) is 30.1 Å². The van der Waals surface area contributed by atoms with Crippen molar-refractivity contribution in [2.24, 2.45) is 11.5 Å². The minimum absolute atomic E-state index is 0.279. The van der Waals surface area contributed by atoms with E-state index in [0.717, 1.165) is 56.2 Å². The van der Waals surface area contributed by atoms with Gasteiger partial charge in [-0.3, -0.25) is 0 Å². The number of rotatable bonds is 9. The fourth-order valence-corrected chi connectivity index (χ4v) is 3.10. The van der Waals surface area contributed by atoms with Crippen molar-refractivity contribution in [2.75, 3.05) is 7.11 Å². The van der Waals surface area contributed by atoms with Crippen LogP contribution in [0.5, 0.6) is 0 Å². The van der Waals surface area contributed by atoms with Gasteiger partial charge in [0.15, 0.2) is 0 Å². The molecule has 5 nitrogen and oxygen atoms in total. The van der Waals surface area contributed by atoms with E-state index < -0.39 is 17.8 Å². The van der Waals surface area contributed by atoms with Crippen molar-refractivity contribution in [2.45, 2.75) is 93.3 Å². The number of nitrogens with two attached hydrogens (primary N) is 2. The number of aliphatic hydroxyl groups is 1. The van der Waals surface area contributed by atoms with Gasteiger partial charge in [-0.05, 0) is 82.2 Å². The zero-order chi connectivity index (χ0) is 32.5. The van der Waals surface area contributed by atoms with Gasteiger partial charge in [-0.2, -0.15) is 13.2 Å². The molecule has 230 valence electrons. The highest BCUT2D eigenvalue weighted by atomic mass is 19.4. The minimum Gasteiger partial charge on any atom is -0.400 e. The highest BCUT2D eigenvalue weighted by Crippen LogP contribution is 2.29. The fraction of sp³-hybridized carbons (Fsp3) is 0.469. The first-order valence-electron chi connectivity index (χ1n) is 13.6. The van der Waals surface area contributed by atoms with Gasteiger partial charge in [-0.25, -0.2) is 0 Å². The summed E-state index contributed by atoms with van der Waals surface area (Å²) in [6.07, 6.45) is 8.53. The van der Waals surface area contributed by atoms with Crippen LogP contribution in [0.1, 0.15) is 81.1 Å². The maximum Gasteiger partial charge on any atom is 0.417 e. The first kappa shape index (κ1) is 43.9. The van der Waals surface area contributed by atoms with Crippen molar-refractivity contribution in [3.05, 3.63) is 95.6 Å². The molecule has 0 bridgehead atoms. The normalized spacial score (nSPS) is 14.5. The van der Waals surface area contributed by atoms with Gasteiger partial charge in [0, 0.05) is 36.5 Å². The van der Waals surface area contributed by atoms with Gasteiger partial charge in [0.2, 0.25) is 0 Å². The summed E-state index contributed by atoms with van der Waals surface area (Å²) < 4.78 is 39.9. The van der Waals surface area contributed by atoms with Crippen molar-refractivity contribution in [1.82, 2.24) is 5.32 Å². The standard InChI is InChI=1S/C20H28F3N3.C7H11N.2C2H6.CH4O/c1-13(2)18(15(4)24)11-17(20(21,22)23)12-26-14(3)10-19(25)16-8-6-5-7-9-16;1-4-7(5-2)6(3)8;3*1-2/h8,10-12,15,26H,1,3,5-7,9,24-25H2,2,4H3;4-5,8H,1H2,2-3H3;2*1-2H3;2H,1H3/b17-12+,18-11+,19-10-;7-5-,8-6?;;;. The molecule has 7 N–H and O–H groups in total. The average Bonchev–Trinajstić information content (AvgIpc) is 2.92. The molecule has 0 spiro atoms. The Bertz CT molecular complexity index is 919. The van der Waals surface area contributed by atoms with Crippen molar-refractivity contribution >= 4 is 5.71 Å². The van der Waals surface area contributed by atoms with Crippen LogP contribution < -0.4 is 16.8 Å². The molecule has 0 aromatic carbocycles. The average molecular weight is 569 g/mol. The van der Waals surface area contributed by atoms with Gasteiger partial charge in [-0.15, -0.1) is 0 Å². The highest BCUT2D eigenvalue weighted by molar-refractivity contribution is 5.98. The van der Waals surface area contributed by atoms with Crippen LogP contribution in [0.2, 0.25) is 0 Å². The summed E-state index contributed by atoms with van der Waals surface area (Å²) in [5.74, 6) is 0. The lowest BCUT2D eigenvalue weighted by Crippen LogP contribution is -2.21. The molecule has 0 radical (unpaired) electrons. The van der Waals surface area contributed by atoms with E-state index in [4.69, 9.17) is 22.0 Å². The lowest BCUT2D eigenvalue weighted by molar-refractivity contribution is -0.0885. The monoisotopic (exact) mass is 568 g/mol. The number of aliphatic hydroxyl groups excluding tert-OH is 1. The van der Waals surface area contributed by atoms with Crippen molar-refractivity contribution in [3.63, 3.8) is 0 Å². The van der Waals surface area contributed by atoms with Crippen LogP contribution in [0.4, 0.5) is 13.2 Å². The first-order valence-corrected chi connectivity index (χ1v) is 13.6. The zero-order valence-corrected chi connectivity index (χ0v) is 26.2. The summed E-state index contributed by atoms with van der Waals surface area (Å²) in [5.41, 5.74) is 15.0. The Morgan fingerprint density at radius 3 is 1.93 bits per heavy atom. The molecule has 0 heterocycles.